The lowest BCUT2D eigenvalue weighted by Gasteiger charge is -2.24. The third kappa shape index (κ3) is 3.22. The number of methoxy groups -OCH3 is 2. The molecular weight excluding hydrogens is 296 g/mol. The van der Waals surface area contributed by atoms with Crippen molar-refractivity contribution in [3.05, 3.63) is 36.0 Å². The Balaban J connectivity index is 2.05. The van der Waals surface area contributed by atoms with Crippen LogP contribution < -0.4 is 4.74 Å². The van der Waals surface area contributed by atoms with Crippen molar-refractivity contribution in [1.29, 1.82) is 0 Å². The summed E-state index contributed by atoms with van der Waals surface area (Å²) in [5, 5.41) is 4.46. The maximum Gasteiger partial charge on any atom is 0.358 e. The van der Waals surface area contributed by atoms with Crippen molar-refractivity contribution in [2.45, 2.75) is 18.9 Å². The molecule has 0 bridgehead atoms. The van der Waals surface area contributed by atoms with Gasteiger partial charge in [-0.25, -0.2) is 4.79 Å². The molecule has 0 spiro atoms. The number of nitrogens with zero attached hydrogens (tertiary/aromatic N) is 2. The minimum absolute atomic E-state index is 0.114. The fraction of sp³-hybridized carbons (Fsp3) is 0.412. The van der Waals surface area contributed by atoms with E-state index in [1.807, 2.05) is 28.9 Å². The molecule has 0 radical (unpaired) electrons. The summed E-state index contributed by atoms with van der Waals surface area (Å²) in [6, 6.07) is 9.58. The van der Waals surface area contributed by atoms with Gasteiger partial charge in [-0.2, -0.15) is 5.10 Å². The van der Waals surface area contributed by atoms with Crippen LogP contribution >= 0.6 is 0 Å². The predicted octanol–water partition coefficient (Wildman–Crippen LogP) is 2.70. The second-order valence-corrected chi connectivity index (χ2v) is 5.45. The highest BCUT2D eigenvalue weighted by Gasteiger charge is 2.23. The summed E-state index contributed by atoms with van der Waals surface area (Å²) in [5.41, 5.74) is 2.10. The number of aromatic nitrogens is 2. The number of esters is 1. The molecule has 0 saturated carbocycles. The Morgan fingerprint density at radius 2 is 2.22 bits per heavy atom. The summed E-state index contributed by atoms with van der Waals surface area (Å²) < 4.78 is 17.5. The second kappa shape index (κ2) is 6.83. The molecule has 6 heteroatoms. The van der Waals surface area contributed by atoms with Gasteiger partial charge in [0.1, 0.15) is 5.75 Å². The molecule has 122 valence electrons. The van der Waals surface area contributed by atoms with Crippen LogP contribution in [-0.2, 0) is 9.47 Å². The maximum atomic E-state index is 11.9. The quantitative estimate of drug-likeness (QED) is 0.812. The number of rotatable bonds is 4. The van der Waals surface area contributed by atoms with Gasteiger partial charge in [-0.3, -0.25) is 4.68 Å². The van der Waals surface area contributed by atoms with Crippen molar-refractivity contribution in [3.8, 4) is 17.0 Å². The molecule has 1 aliphatic heterocycles. The van der Waals surface area contributed by atoms with Gasteiger partial charge in [0.2, 0.25) is 0 Å². The minimum Gasteiger partial charge on any atom is -0.497 e. The van der Waals surface area contributed by atoms with E-state index in [1.165, 1.54) is 7.11 Å². The third-order valence-electron chi connectivity index (χ3n) is 3.98. The van der Waals surface area contributed by atoms with E-state index >= 15 is 0 Å². The molecule has 0 amide bonds. The Labute approximate surface area is 135 Å². The lowest BCUT2D eigenvalue weighted by Crippen LogP contribution is -2.23. The van der Waals surface area contributed by atoms with Crippen molar-refractivity contribution < 1.29 is 19.0 Å². The van der Waals surface area contributed by atoms with Crippen LogP contribution in [0.2, 0.25) is 0 Å². The van der Waals surface area contributed by atoms with Crippen LogP contribution in [0.1, 0.15) is 29.4 Å². The molecule has 3 rings (SSSR count). The van der Waals surface area contributed by atoms with E-state index in [0.29, 0.717) is 12.3 Å². The summed E-state index contributed by atoms with van der Waals surface area (Å²) in [6.07, 6.45) is 1.95. The molecule has 2 aromatic rings. The van der Waals surface area contributed by atoms with Gasteiger partial charge in [0.15, 0.2) is 5.69 Å². The van der Waals surface area contributed by atoms with Gasteiger partial charge in [-0.15, -0.1) is 0 Å². The molecule has 1 atom stereocenters. The van der Waals surface area contributed by atoms with Gasteiger partial charge in [0.05, 0.1) is 32.6 Å². The molecule has 1 aromatic carbocycles. The average molecular weight is 316 g/mol. The van der Waals surface area contributed by atoms with Crippen molar-refractivity contribution in [2.75, 3.05) is 27.4 Å². The largest absolute Gasteiger partial charge is 0.497 e. The monoisotopic (exact) mass is 316 g/mol. The molecule has 0 N–H and O–H groups in total. The average Bonchev–Trinajstić information content (AvgIpc) is 3.07. The van der Waals surface area contributed by atoms with Gasteiger partial charge in [-0.05, 0) is 31.0 Å². The van der Waals surface area contributed by atoms with Crippen LogP contribution in [0.15, 0.2) is 30.3 Å². The standard InChI is InChI=1S/C17H20N2O4/c1-21-14-7-3-5-12(9-14)16-10-15(17(20)22-2)18-19(16)13-6-4-8-23-11-13/h3,5,7,9-10,13H,4,6,8,11H2,1-2H3. The first kappa shape index (κ1) is 15.6. The van der Waals surface area contributed by atoms with Crippen molar-refractivity contribution in [1.82, 2.24) is 9.78 Å². The Morgan fingerprint density at radius 3 is 2.91 bits per heavy atom. The SMILES string of the molecule is COC(=O)c1cc(-c2cccc(OC)c2)n(C2CCCOC2)n1. The lowest BCUT2D eigenvalue weighted by atomic mass is 10.1. The van der Waals surface area contributed by atoms with E-state index in [2.05, 4.69) is 5.10 Å². The normalized spacial score (nSPS) is 17.7. The zero-order valence-electron chi connectivity index (χ0n) is 13.3. The second-order valence-electron chi connectivity index (χ2n) is 5.45. The highest BCUT2D eigenvalue weighted by atomic mass is 16.5. The maximum absolute atomic E-state index is 11.9. The Bertz CT molecular complexity index is 690. The molecule has 6 nitrogen and oxygen atoms in total. The van der Waals surface area contributed by atoms with Gasteiger partial charge in [0.25, 0.3) is 0 Å². The van der Waals surface area contributed by atoms with Gasteiger partial charge in [-0.1, -0.05) is 12.1 Å². The first-order chi connectivity index (χ1) is 11.2. The lowest BCUT2D eigenvalue weighted by molar-refractivity contribution is 0.0532. The third-order valence-corrected chi connectivity index (χ3v) is 3.98. The van der Waals surface area contributed by atoms with Crippen LogP contribution in [0.25, 0.3) is 11.3 Å². The Morgan fingerprint density at radius 1 is 1.35 bits per heavy atom. The summed E-state index contributed by atoms with van der Waals surface area (Å²) in [7, 11) is 2.99. The summed E-state index contributed by atoms with van der Waals surface area (Å²) in [6.45, 7) is 1.37. The van der Waals surface area contributed by atoms with Crippen LogP contribution in [0.4, 0.5) is 0 Å². The molecule has 1 fully saturated rings. The van der Waals surface area contributed by atoms with E-state index in [0.717, 1.165) is 36.5 Å². The molecular formula is C17H20N2O4. The van der Waals surface area contributed by atoms with Crippen LogP contribution in [-0.4, -0.2) is 43.2 Å². The fourth-order valence-electron chi connectivity index (χ4n) is 2.79. The van der Waals surface area contributed by atoms with Gasteiger partial charge >= 0.3 is 5.97 Å². The Hall–Kier alpha value is -2.34. The van der Waals surface area contributed by atoms with Crippen LogP contribution in [0, 0.1) is 0 Å². The summed E-state index contributed by atoms with van der Waals surface area (Å²) >= 11 is 0. The number of carbonyl (C=O) groups excluding carboxylic acids is 1. The highest BCUT2D eigenvalue weighted by molar-refractivity contribution is 5.88. The Kier molecular flexibility index (Phi) is 4.62. The van der Waals surface area contributed by atoms with Crippen molar-refractivity contribution in [2.24, 2.45) is 0 Å². The molecule has 1 aromatic heterocycles. The van der Waals surface area contributed by atoms with Crippen molar-refractivity contribution in [3.63, 3.8) is 0 Å². The molecule has 2 heterocycles. The molecule has 23 heavy (non-hydrogen) atoms. The van der Waals surface area contributed by atoms with Crippen molar-refractivity contribution >= 4 is 5.97 Å². The topological polar surface area (TPSA) is 62.6 Å². The van der Waals surface area contributed by atoms with E-state index in [9.17, 15) is 4.79 Å². The molecule has 1 aliphatic rings. The van der Waals surface area contributed by atoms with Gasteiger partial charge < -0.3 is 14.2 Å². The zero-order chi connectivity index (χ0) is 16.2. The van der Waals surface area contributed by atoms with Crippen LogP contribution in [0.3, 0.4) is 0 Å². The smallest absolute Gasteiger partial charge is 0.358 e. The number of hydrogen-bond donors (Lipinski definition) is 0. The number of hydrogen-bond acceptors (Lipinski definition) is 5. The van der Waals surface area contributed by atoms with E-state index < -0.39 is 5.97 Å². The first-order valence-corrected chi connectivity index (χ1v) is 7.63. The van der Waals surface area contributed by atoms with E-state index in [1.54, 1.807) is 13.2 Å². The first-order valence-electron chi connectivity index (χ1n) is 7.63. The van der Waals surface area contributed by atoms with Gasteiger partial charge in [0, 0.05) is 12.2 Å². The number of ether oxygens (including phenoxy) is 3. The predicted molar refractivity (Wildman–Crippen MR) is 84.6 cm³/mol. The fourth-order valence-corrected chi connectivity index (χ4v) is 2.79. The summed E-state index contributed by atoms with van der Waals surface area (Å²) in [5.74, 6) is 0.319. The van der Waals surface area contributed by atoms with E-state index in [-0.39, 0.29) is 6.04 Å². The molecule has 1 saturated heterocycles. The molecule has 1 unspecified atom stereocenters. The highest BCUT2D eigenvalue weighted by Crippen LogP contribution is 2.30. The van der Waals surface area contributed by atoms with E-state index in [4.69, 9.17) is 14.2 Å². The van der Waals surface area contributed by atoms with Crippen LogP contribution in [0.5, 0.6) is 5.75 Å². The number of carbonyl (C=O) groups is 1. The molecule has 0 aliphatic carbocycles. The summed E-state index contributed by atoms with van der Waals surface area (Å²) in [4.78, 5) is 11.9. The minimum atomic E-state index is -0.440. The number of benzene rings is 1. The zero-order valence-corrected chi connectivity index (χ0v) is 13.3.